The normalized spacial score (nSPS) is 14.1. The van der Waals surface area contributed by atoms with E-state index >= 15 is 0 Å². The van der Waals surface area contributed by atoms with Gasteiger partial charge in [-0.05, 0) is 44.4 Å². The molecule has 0 aliphatic rings. The van der Waals surface area contributed by atoms with Crippen molar-refractivity contribution in [3.05, 3.63) is 34.9 Å². The second-order valence-corrected chi connectivity index (χ2v) is 5.62. The summed E-state index contributed by atoms with van der Waals surface area (Å²) in [5.41, 5.74) is 1.08. The second-order valence-electron chi connectivity index (χ2n) is 5.19. The van der Waals surface area contributed by atoms with Crippen LogP contribution in [0.15, 0.2) is 24.3 Å². The zero-order valence-corrected chi connectivity index (χ0v) is 13.5. The van der Waals surface area contributed by atoms with Crippen molar-refractivity contribution < 1.29 is 4.79 Å². The van der Waals surface area contributed by atoms with Gasteiger partial charge < -0.3 is 5.32 Å². The number of halogens is 1. The molecule has 2 N–H and O–H groups in total. The number of rotatable bonds is 7. The summed E-state index contributed by atoms with van der Waals surface area (Å²) in [5, 5.41) is 7.08. The Morgan fingerprint density at radius 3 is 2.45 bits per heavy atom. The van der Waals surface area contributed by atoms with E-state index in [0.717, 1.165) is 18.4 Å². The van der Waals surface area contributed by atoms with E-state index in [0.29, 0.717) is 5.02 Å². The third-order valence-electron chi connectivity index (χ3n) is 3.57. The van der Waals surface area contributed by atoms with Gasteiger partial charge in [0.2, 0.25) is 5.91 Å². The Balaban J connectivity index is 2.56. The van der Waals surface area contributed by atoms with Gasteiger partial charge in [0.05, 0.1) is 6.04 Å². The van der Waals surface area contributed by atoms with Crippen LogP contribution in [0.5, 0.6) is 0 Å². The fraction of sp³-hybridized carbons (Fsp3) is 0.562. The highest BCUT2D eigenvalue weighted by atomic mass is 35.5. The Hall–Kier alpha value is -1.06. The predicted octanol–water partition coefficient (Wildman–Crippen LogP) is 3.68. The highest BCUT2D eigenvalue weighted by Crippen LogP contribution is 2.17. The van der Waals surface area contributed by atoms with Gasteiger partial charge in [0.15, 0.2) is 0 Å². The number of nitrogens with one attached hydrogen (secondary N) is 2. The van der Waals surface area contributed by atoms with E-state index in [1.54, 1.807) is 0 Å². The minimum atomic E-state index is -0.232. The summed E-state index contributed by atoms with van der Waals surface area (Å²) in [6.07, 6.45) is 1.91. The van der Waals surface area contributed by atoms with Gasteiger partial charge in [-0.1, -0.05) is 37.6 Å². The standard InChI is InChI=1S/C16H25ClN2O/c1-5-15(6-2)19-16(20)12(4)18-11(3)13-8-7-9-14(17)10-13/h7-12,15,18H,5-6H2,1-4H3,(H,19,20)/t11-,12?/m1/s1. The molecular formula is C16H25ClN2O. The predicted molar refractivity (Wildman–Crippen MR) is 85.0 cm³/mol. The molecule has 1 unspecified atom stereocenters. The van der Waals surface area contributed by atoms with E-state index < -0.39 is 0 Å². The van der Waals surface area contributed by atoms with Crippen molar-refractivity contribution in [1.82, 2.24) is 10.6 Å². The Bertz CT molecular complexity index is 432. The topological polar surface area (TPSA) is 41.1 Å². The molecule has 0 aliphatic carbocycles. The van der Waals surface area contributed by atoms with Gasteiger partial charge in [-0.25, -0.2) is 0 Å². The van der Waals surface area contributed by atoms with Crippen molar-refractivity contribution in [3.8, 4) is 0 Å². The molecule has 3 nitrogen and oxygen atoms in total. The lowest BCUT2D eigenvalue weighted by Crippen LogP contribution is -2.46. The van der Waals surface area contributed by atoms with Crippen LogP contribution in [0.1, 0.15) is 52.1 Å². The Morgan fingerprint density at radius 1 is 1.25 bits per heavy atom. The highest BCUT2D eigenvalue weighted by molar-refractivity contribution is 6.30. The Morgan fingerprint density at radius 2 is 1.90 bits per heavy atom. The first-order chi connectivity index (χ1) is 9.47. The van der Waals surface area contributed by atoms with Crippen molar-refractivity contribution in [1.29, 1.82) is 0 Å². The summed E-state index contributed by atoms with van der Waals surface area (Å²) in [6.45, 7) is 8.09. The number of amides is 1. The first-order valence-electron chi connectivity index (χ1n) is 7.29. The summed E-state index contributed by atoms with van der Waals surface area (Å²) < 4.78 is 0. The molecule has 112 valence electrons. The number of carbonyl (C=O) groups excluding carboxylic acids is 1. The van der Waals surface area contributed by atoms with E-state index in [1.807, 2.05) is 38.1 Å². The van der Waals surface area contributed by atoms with Crippen LogP contribution in [0.25, 0.3) is 0 Å². The molecule has 0 saturated carbocycles. The van der Waals surface area contributed by atoms with Crippen LogP contribution in [0.3, 0.4) is 0 Å². The van der Waals surface area contributed by atoms with Gasteiger partial charge in [-0.2, -0.15) is 0 Å². The van der Waals surface area contributed by atoms with Crippen molar-refractivity contribution in [3.63, 3.8) is 0 Å². The van der Waals surface area contributed by atoms with Gasteiger partial charge in [-0.3, -0.25) is 10.1 Å². The van der Waals surface area contributed by atoms with Crippen LogP contribution in [-0.4, -0.2) is 18.0 Å². The van der Waals surface area contributed by atoms with Gasteiger partial charge in [-0.15, -0.1) is 0 Å². The van der Waals surface area contributed by atoms with Gasteiger partial charge in [0, 0.05) is 17.1 Å². The largest absolute Gasteiger partial charge is 0.352 e. The molecule has 1 amide bonds. The second kappa shape index (κ2) is 8.28. The van der Waals surface area contributed by atoms with Crippen LogP contribution in [-0.2, 0) is 4.79 Å². The summed E-state index contributed by atoms with van der Waals surface area (Å²) in [6, 6.07) is 7.81. The third kappa shape index (κ3) is 5.14. The van der Waals surface area contributed by atoms with Crippen LogP contribution >= 0.6 is 11.6 Å². The van der Waals surface area contributed by atoms with E-state index in [2.05, 4.69) is 24.5 Å². The smallest absolute Gasteiger partial charge is 0.237 e. The number of hydrogen-bond donors (Lipinski definition) is 2. The van der Waals surface area contributed by atoms with Gasteiger partial charge in [0.25, 0.3) is 0 Å². The molecule has 1 rings (SSSR count). The Kier molecular flexibility index (Phi) is 7.03. The molecule has 0 radical (unpaired) electrons. The molecule has 1 aromatic rings. The monoisotopic (exact) mass is 296 g/mol. The first kappa shape index (κ1) is 17.0. The lowest BCUT2D eigenvalue weighted by atomic mass is 10.1. The quantitative estimate of drug-likeness (QED) is 0.806. The number of benzene rings is 1. The summed E-state index contributed by atoms with van der Waals surface area (Å²) >= 11 is 5.99. The number of hydrogen-bond acceptors (Lipinski definition) is 2. The van der Waals surface area contributed by atoms with E-state index in [4.69, 9.17) is 11.6 Å². The SMILES string of the molecule is CCC(CC)NC(=O)C(C)N[C@H](C)c1cccc(Cl)c1. The van der Waals surface area contributed by atoms with Crippen LogP contribution < -0.4 is 10.6 Å². The minimum absolute atomic E-state index is 0.0487. The maximum Gasteiger partial charge on any atom is 0.237 e. The molecule has 20 heavy (non-hydrogen) atoms. The maximum atomic E-state index is 12.1. The average molecular weight is 297 g/mol. The molecule has 1 aromatic carbocycles. The Labute approximate surface area is 127 Å². The molecule has 2 atom stereocenters. The van der Waals surface area contributed by atoms with Crippen LogP contribution in [0, 0.1) is 0 Å². The fourth-order valence-corrected chi connectivity index (χ4v) is 2.34. The zero-order chi connectivity index (χ0) is 15.1. The minimum Gasteiger partial charge on any atom is -0.352 e. The highest BCUT2D eigenvalue weighted by Gasteiger charge is 2.18. The lowest BCUT2D eigenvalue weighted by molar-refractivity contribution is -0.123. The lowest BCUT2D eigenvalue weighted by Gasteiger charge is -2.22. The molecular weight excluding hydrogens is 272 g/mol. The molecule has 0 aromatic heterocycles. The summed E-state index contributed by atoms with van der Waals surface area (Å²) in [5.74, 6) is 0.0487. The fourth-order valence-electron chi connectivity index (χ4n) is 2.14. The van der Waals surface area contributed by atoms with Crippen LogP contribution in [0.4, 0.5) is 0 Å². The summed E-state index contributed by atoms with van der Waals surface area (Å²) in [4.78, 5) is 12.1. The maximum absolute atomic E-state index is 12.1. The van der Waals surface area contributed by atoms with E-state index in [-0.39, 0.29) is 24.0 Å². The molecule has 0 bridgehead atoms. The molecule has 0 fully saturated rings. The molecule has 0 spiro atoms. The van der Waals surface area contributed by atoms with Crippen molar-refractivity contribution in [2.75, 3.05) is 0 Å². The average Bonchev–Trinajstić information content (AvgIpc) is 2.44. The van der Waals surface area contributed by atoms with Crippen molar-refractivity contribution in [2.45, 2.75) is 58.7 Å². The number of carbonyl (C=O) groups is 1. The molecule has 0 heterocycles. The van der Waals surface area contributed by atoms with Gasteiger partial charge in [0.1, 0.15) is 0 Å². The van der Waals surface area contributed by atoms with Crippen molar-refractivity contribution in [2.24, 2.45) is 0 Å². The summed E-state index contributed by atoms with van der Waals surface area (Å²) in [7, 11) is 0. The van der Waals surface area contributed by atoms with Crippen molar-refractivity contribution >= 4 is 17.5 Å². The molecule has 4 heteroatoms. The van der Waals surface area contributed by atoms with E-state index in [1.165, 1.54) is 0 Å². The molecule has 0 saturated heterocycles. The van der Waals surface area contributed by atoms with Crippen LogP contribution in [0.2, 0.25) is 5.02 Å². The van der Waals surface area contributed by atoms with Gasteiger partial charge >= 0.3 is 0 Å². The van der Waals surface area contributed by atoms with E-state index in [9.17, 15) is 4.79 Å². The third-order valence-corrected chi connectivity index (χ3v) is 3.81. The first-order valence-corrected chi connectivity index (χ1v) is 7.67. The zero-order valence-electron chi connectivity index (χ0n) is 12.7. The molecule has 0 aliphatic heterocycles.